The molecule has 190 valence electrons. The molecule has 1 saturated heterocycles. The molecular formula is C28H34N4O3S. The molecule has 1 N–H and O–H groups in total. The first-order valence-corrected chi connectivity index (χ1v) is 13.4. The maximum atomic E-state index is 9.12. The number of nitrogens with one attached hydrogen (secondary N) is 1. The normalized spacial score (nSPS) is 13.8. The van der Waals surface area contributed by atoms with Crippen molar-refractivity contribution in [3.63, 3.8) is 0 Å². The average Bonchev–Trinajstić information content (AvgIpc) is 3.36. The number of hydrogen-bond acceptors (Lipinski definition) is 8. The van der Waals surface area contributed by atoms with Crippen molar-refractivity contribution in [3.05, 3.63) is 59.0 Å². The van der Waals surface area contributed by atoms with Crippen molar-refractivity contribution in [2.45, 2.75) is 25.7 Å². The second-order valence-corrected chi connectivity index (χ2v) is 9.72. The van der Waals surface area contributed by atoms with E-state index in [1.807, 2.05) is 37.4 Å². The molecule has 0 amide bonds. The summed E-state index contributed by atoms with van der Waals surface area (Å²) in [5.74, 6) is 1.53. The van der Waals surface area contributed by atoms with Gasteiger partial charge in [0.05, 0.1) is 37.7 Å². The highest BCUT2D eigenvalue weighted by Gasteiger charge is 2.16. The van der Waals surface area contributed by atoms with Crippen LogP contribution in [0.5, 0.6) is 11.5 Å². The van der Waals surface area contributed by atoms with E-state index in [4.69, 9.17) is 24.5 Å². The minimum Gasteiger partial charge on any atom is -0.494 e. The molecule has 1 aliphatic rings. The molecule has 0 saturated carbocycles. The Labute approximate surface area is 217 Å². The zero-order valence-corrected chi connectivity index (χ0v) is 21.7. The molecule has 36 heavy (non-hydrogen) atoms. The van der Waals surface area contributed by atoms with E-state index in [9.17, 15) is 0 Å². The van der Waals surface area contributed by atoms with Gasteiger partial charge in [-0.05, 0) is 62.1 Å². The molecule has 2 heterocycles. The fraction of sp³-hybridized carbons (Fsp3) is 0.429. The number of aromatic nitrogens is 1. The van der Waals surface area contributed by atoms with Gasteiger partial charge in [-0.15, -0.1) is 11.3 Å². The number of benzene rings is 2. The lowest BCUT2D eigenvalue weighted by Gasteiger charge is -2.26. The first kappa shape index (κ1) is 26.0. The summed E-state index contributed by atoms with van der Waals surface area (Å²) >= 11 is 1.73. The van der Waals surface area contributed by atoms with Gasteiger partial charge in [-0.1, -0.05) is 12.1 Å². The van der Waals surface area contributed by atoms with Crippen molar-refractivity contribution >= 4 is 16.5 Å². The van der Waals surface area contributed by atoms with Gasteiger partial charge >= 0.3 is 0 Å². The monoisotopic (exact) mass is 506 g/mol. The summed E-state index contributed by atoms with van der Waals surface area (Å²) in [6.07, 6.45) is 3.87. The zero-order valence-electron chi connectivity index (χ0n) is 20.9. The number of thiazole rings is 1. The van der Waals surface area contributed by atoms with E-state index >= 15 is 0 Å². The molecule has 3 aromatic rings. The minimum atomic E-state index is 0.577. The molecule has 1 aromatic heterocycles. The Balaban J connectivity index is 1.21. The Bertz CT molecular complexity index is 1120. The number of hydrogen-bond donors (Lipinski definition) is 1. The van der Waals surface area contributed by atoms with Crippen molar-refractivity contribution in [2.75, 3.05) is 58.4 Å². The van der Waals surface area contributed by atoms with Gasteiger partial charge in [-0.2, -0.15) is 5.26 Å². The summed E-state index contributed by atoms with van der Waals surface area (Å²) in [6.45, 7) is 5.94. The van der Waals surface area contributed by atoms with Crippen molar-refractivity contribution in [2.24, 2.45) is 0 Å². The Morgan fingerprint density at radius 1 is 1.03 bits per heavy atom. The number of unbranched alkanes of at least 4 members (excludes halogenated alkanes) is 2. The van der Waals surface area contributed by atoms with Crippen LogP contribution in [0, 0.1) is 11.3 Å². The number of morpholine rings is 1. The zero-order chi connectivity index (χ0) is 25.0. The highest BCUT2D eigenvalue weighted by Crippen LogP contribution is 2.32. The van der Waals surface area contributed by atoms with Crippen LogP contribution in [0.3, 0.4) is 0 Å². The summed E-state index contributed by atoms with van der Waals surface area (Å²) in [5.41, 5.74) is 2.75. The lowest BCUT2D eigenvalue weighted by Crippen LogP contribution is -2.37. The molecule has 0 radical (unpaired) electrons. The van der Waals surface area contributed by atoms with Gasteiger partial charge in [-0.25, -0.2) is 4.98 Å². The molecular weight excluding hydrogens is 472 g/mol. The van der Waals surface area contributed by atoms with Crippen LogP contribution in [0.1, 0.15) is 29.7 Å². The van der Waals surface area contributed by atoms with E-state index in [0.29, 0.717) is 24.5 Å². The predicted octanol–water partition coefficient (Wildman–Crippen LogP) is 5.23. The van der Waals surface area contributed by atoms with Gasteiger partial charge in [-0.3, -0.25) is 4.90 Å². The predicted molar refractivity (Wildman–Crippen MR) is 144 cm³/mol. The van der Waals surface area contributed by atoms with Crippen LogP contribution in [-0.2, 0) is 11.2 Å². The van der Waals surface area contributed by atoms with Crippen molar-refractivity contribution in [1.82, 2.24) is 9.88 Å². The summed E-state index contributed by atoms with van der Waals surface area (Å²) in [4.78, 5) is 8.59. The topological polar surface area (TPSA) is 79.6 Å². The summed E-state index contributed by atoms with van der Waals surface area (Å²) in [6, 6.07) is 17.8. The van der Waals surface area contributed by atoms with E-state index in [1.165, 1.54) is 4.88 Å². The summed E-state index contributed by atoms with van der Waals surface area (Å²) in [7, 11) is 1.92. The Hall–Kier alpha value is -3.12. The molecule has 2 aromatic carbocycles. The van der Waals surface area contributed by atoms with Gasteiger partial charge in [0.2, 0.25) is 0 Å². The largest absolute Gasteiger partial charge is 0.494 e. The lowest BCUT2D eigenvalue weighted by molar-refractivity contribution is 0.0385. The minimum absolute atomic E-state index is 0.577. The summed E-state index contributed by atoms with van der Waals surface area (Å²) in [5, 5.41) is 13.3. The Morgan fingerprint density at radius 3 is 2.53 bits per heavy atom. The van der Waals surface area contributed by atoms with Crippen molar-refractivity contribution < 1.29 is 14.2 Å². The van der Waals surface area contributed by atoms with Crippen LogP contribution in [0.4, 0.5) is 5.13 Å². The first-order valence-electron chi connectivity index (χ1n) is 12.6. The molecule has 8 heteroatoms. The van der Waals surface area contributed by atoms with Gasteiger partial charge < -0.3 is 19.5 Å². The second kappa shape index (κ2) is 13.8. The SMILES string of the molecule is CNc1nc(-c2ccc(OCCCCCOc3ccccc3C#N)cc2)c(CCN2CCOCC2)s1. The molecule has 7 nitrogen and oxygen atoms in total. The van der Waals surface area contributed by atoms with E-state index in [1.54, 1.807) is 17.4 Å². The molecule has 1 fully saturated rings. The molecule has 0 aliphatic carbocycles. The quantitative estimate of drug-likeness (QED) is 0.318. The third-order valence-corrected chi connectivity index (χ3v) is 7.25. The van der Waals surface area contributed by atoms with Crippen LogP contribution in [0.25, 0.3) is 11.3 Å². The lowest BCUT2D eigenvalue weighted by atomic mass is 10.1. The highest BCUT2D eigenvalue weighted by molar-refractivity contribution is 7.16. The maximum absolute atomic E-state index is 9.12. The number of para-hydroxylation sites is 1. The van der Waals surface area contributed by atoms with Crippen LogP contribution in [-0.4, -0.2) is 63.0 Å². The van der Waals surface area contributed by atoms with Crippen LogP contribution in [0.15, 0.2) is 48.5 Å². The number of nitriles is 1. The van der Waals surface area contributed by atoms with Crippen LogP contribution >= 0.6 is 11.3 Å². The number of nitrogens with zero attached hydrogens (tertiary/aromatic N) is 3. The molecule has 0 spiro atoms. The highest BCUT2D eigenvalue weighted by atomic mass is 32.1. The third kappa shape index (κ3) is 7.44. The number of anilines is 1. The Kier molecular flexibility index (Phi) is 9.97. The summed E-state index contributed by atoms with van der Waals surface area (Å²) < 4.78 is 17.2. The average molecular weight is 507 g/mol. The van der Waals surface area contributed by atoms with Crippen molar-refractivity contribution in [3.8, 4) is 28.8 Å². The molecule has 0 atom stereocenters. The van der Waals surface area contributed by atoms with E-state index < -0.39 is 0 Å². The van der Waals surface area contributed by atoms with E-state index in [-0.39, 0.29) is 0 Å². The van der Waals surface area contributed by atoms with Crippen molar-refractivity contribution in [1.29, 1.82) is 5.26 Å². The fourth-order valence-electron chi connectivity index (χ4n) is 4.09. The fourth-order valence-corrected chi connectivity index (χ4v) is 5.01. The van der Waals surface area contributed by atoms with Gasteiger partial charge in [0.15, 0.2) is 5.13 Å². The molecule has 1 aliphatic heterocycles. The first-order chi connectivity index (χ1) is 17.8. The Morgan fingerprint density at radius 2 is 1.78 bits per heavy atom. The van der Waals surface area contributed by atoms with Gasteiger partial charge in [0.1, 0.15) is 17.6 Å². The molecule has 0 unspecified atom stereocenters. The maximum Gasteiger partial charge on any atom is 0.183 e. The van der Waals surface area contributed by atoms with Gasteiger partial charge in [0.25, 0.3) is 0 Å². The third-order valence-electron chi connectivity index (χ3n) is 6.12. The van der Waals surface area contributed by atoms with Gasteiger partial charge in [0, 0.05) is 37.1 Å². The molecule has 0 bridgehead atoms. The number of rotatable bonds is 13. The van der Waals surface area contributed by atoms with Crippen LogP contribution < -0.4 is 14.8 Å². The molecule has 4 rings (SSSR count). The van der Waals surface area contributed by atoms with E-state index in [0.717, 1.165) is 80.7 Å². The number of ether oxygens (including phenoxy) is 3. The van der Waals surface area contributed by atoms with Crippen LogP contribution in [0.2, 0.25) is 0 Å². The smallest absolute Gasteiger partial charge is 0.183 e. The second-order valence-electron chi connectivity index (χ2n) is 8.63. The van der Waals surface area contributed by atoms with E-state index in [2.05, 4.69) is 28.4 Å². The standard InChI is InChI=1S/C28H34N4O3S/c1-30-28-31-27(26(36-28)13-14-32-15-19-33-20-16-32)22-9-11-24(12-10-22)34-17-5-2-6-18-35-25-8-4-3-7-23(25)21-29/h3-4,7-12H,2,5-6,13-20H2,1H3,(H,30,31).